The largest absolute Gasteiger partial charge is 0.457 e. The van der Waals surface area contributed by atoms with Crippen LogP contribution in [-0.4, -0.2) is 14.1 Å². The molecule has 0 unspecified atom stereocenters. The number of benzene rings is 2. The van der Waals surface area contributed by atoms with Crippen LogP contribution in [0.25, 0.3) is 0 Å². The molecule has 2 N–H and O–H groups in total. The van der Waals surface area contributed by atoms with Gasteiger partial charge in [0, 0.05) is 31.0 Å². The summed E-state index contributed by atoms with van der Waals surface area (Å²) in [4.78, 5) is 2.20. The average Bonchev–Trinajstić information content (AvgIpc) is 2.50. The summed E-state index contributed by atoms with van der Waals surface area (Å²) in [5, 5.41) is 0. The van der Waals surface area contributed by atoms with Crippen LogP contribution in [0.3, 0.4) is 0 Å². The molecule has 0 saturated carbocycles. The number of nitrogens with two attached hydrogens (primary N) is 1. The molecule has 0 radical (unpaired) electrons. The minimum absolute atomic E-state index is 0.789. The van der Waals surface area contributed by atoms with E-state index in [1.807, 2.05) is 12.1 Å². The van der Waals surface area contributed by atoms with E-state index < -0.39 is 0 Å². The van der Waals surface area contributed by atoms with Crippen LogP contribution in [-0.2, 0) is 12.8 Å². The van der Waals surface area contributed by atoms with Crippen LogP contribution in [0.4, 0.5) is 11.4 Å². The van der Waals surface area contributed by atoms with Crippen molar-refractivity contribution in [3.8, 4) is 11.5 Å². The lowest BCUT2D eigenvalue weighted by Crippen LogP contribution is -2.15. The molecule has 2 aromatic rings. The van der Waals surface area contributed by atoms with Gasteiger partial charge >= 0.3 is 0 Å². The number of hydrogen-bond donors (Lipinski definition) is 1. The molecule has 3 heteroatoms. The van der Waals surface area contributed by atoms with Gasteiger partial charge in [0.1, 0.15) is 11.5 Å². The topological polar surface area (TPSA) is 38.5 Å². The van der Waals surface area contributed by atoms with Gasteiger partial charge < -0.3 is 15.4 Å². The summed E-state index contributed by atoms with van der Waals surface area (Å²) in [6.45, 7) is 4.11. The number of ether oxygens (including phenoxy) is 1. The highest BCUT2D eigenvalue weighted by atomic mass is 16.5. The zero-order valence-electron chi connectivity index (χ0n) is 14.6. The van der Waals surface area contributed by atoms with Gasteiger partial charge in [0.15, 0.2) is 0 Å². The van der Waals surface area contributed by atoms with Crippen LogP contribution >= 0.6 is 0 Å². The van der Waals surface area contributed by atoms with Gasteiger partial charge in [-0.25, -0.2) is 0 Å². The van der Waals surface area contributed by atoms with Crippen LogP contribution in [0.15, 0.2) is 24.3 Å². The summed E-state index contributed by atoms with van der Waals surface area (Å²) >= 11 is 0. The molecule has 0 heterocycles. The van der Waals surface area contributed by atoms with Crippen molar-refractivity contribution in [2.75, 3.05) is 24.7 Å². The summed E-state index contributed by atoms with van der Waals surface area (Å²) in [6, 6.07) is 8.25. The second kappa shape index (κ2) is 6.15. The molecule has 0 spiro atoms. The van der Waals surface area contributed by atoms with Gasteiger partial charge in [-0.15, -0.1) is 0 Å². The van der Waals surface area contributed by atoms with Crippen LogP contribution < -0.4 is 15.4 Å². The molecular weight excluding hydrogens is 284 g/mol. The van der Waals surface area contributed by atoms with Gasteiger partial charge in [0.05, 0.1) is 0 Å². The lowest BCUT2D eigenvalue weighted by Gasteiger charge is -2.26. The van der Waals surface area contributed by atoms with Crippen LogP contribution in [0, 0.1) is 13.8 Å². The van der Waals surface area contributed by atoms with Crippen LogP contribution in [0.5, 0.6) is 11.5 Å². The molecule has 0 amide bonds. The van der Waals surface area contributed by atoms with Gasteiger partial charge in [0.25, 0.3) is 0 Å². The van der Waals surface area contributed by atoms with Gasteiger partial charge in [-0.1, -0.05) is 0 Å². The van der Waals surface area contributed by atoms with E-state index in [1.165, 1.54) is 29.7 Å². The number of rotatable bonds is 3. The summed E-state index contributed by atoms with van der Waals surface area (Å²) in [7, 11) is 4.22. The van der Waals surface area contributed by atoms with E-state index in [1.54, 1.807) is 0 Å². The Morgan fingerprint density at radius 1 is 0.957 bits per heavy atom. The standard InChI is InChI=1S/C20H26N2O/c1-13-11-15(21)12-14(2)20(13)23-19-10-9-18(22(3)4)16-7-5-6-8-17(16)19/h9-12H,5-8,21H2,1-4H3. The van der Waals surface area contributed by atoms with Crippen LogP contribution in [0.1, 0.15) is 35.1 Å². The smallest absolute Gasteiger partial charge is 0.133 e. The Morgan fingerprint density at radius 2 is 1.57 bits per heavy atom. The van der Waals surface area contributed by atoms with Gasteiger partial charge in [-0.2, -0.15) is 0 Å². The Bertz CT molecular complexity index is 712. The summed E-state index contributed by atoms with van der Waals surface area (Å²) in [5.41, 5.74) is 13.0. The minimum Gasteiger partial charge on any atom is -0.457 e. The van der Waals surface area contributed by atoms with E-state index in [0.29, 0.717) is 0 Å². The lowest BCUT2D eigenvalue weighted by atomic mass is 9.89. The fourth-order valence-electron chi connectivity index (χ4n) is 3.59. The monoisotopic (exact) mass is 310 g/mol. The number of hydrogen-bond acceptors (Lipinski definition) is 3. The molecule has 3 nitrogen and oxygen atoms in total. The number of aryl methyl sites for hydroxylation is 2. The highest BCUT2D eigenvalue weighted by Gasteiger charge is 2.20. The van der Waals surface area contributed by atoms with E-state index in [2.05, 4.69) is 45.0 Å². The SMILES string of the molecule is Cc1cc(N)cc(C)c1Oc1ccc(N(C)C)c2c1CCCC2. The fourth-order valence-corrected chi connectivity index (χ4v) is 3.59. The first-order chi connectivity index (χ1) is 11.0. The molecule has 0 aromatic heterocycles. The number of anilines is 2. The summed E-state index contributed by atoms with van der Waals surface area (Å²) < 4.78 is 6.35. The summed E-state index contributed by atoms with van der Waals surface area (Å²) in [6.07, 6.45) is 4.73. The fraction of sp³-hybridized carbons (Fsp3) is 0.400. The molecule has 0 bridgehead atoms. The maximum atomic E-state index is 6.35. The Hall–Kier alpha value is -2.16. The third-order valence-electron chi connectivity index (χ3n) is 4.64. The molecule has 3 rings (SSSR count). The van der Waals surface area contributed by atoms with E-state index in [4.69, 9.17) is 10.5 Å². The van der Waals surface area contributed by atoms with Crippen molar-refractivity contribution < 1.29 is 4.74 Å². The lowest BCUT2D eigenvalue weighted by molar-refractivity contribution is 0.463. The highest BCUT2D eigenvalue weighted by Crippen LogP contribution is 2.39. The molecule has 0 aliphatic heterocycles. The van der Waals surface area contributed by atoms with Crippen molar-refractivity contribution in [1.82, 2.24) is 0 Å². The van der Waals surface area contributed by atoms with Crippen LogP contribution in [0.2, 0.25) is 0 Å². The van der Waals surface area contributed by atoms with Gasteiger partial charge in [0.2, 0.25) is 0 Å². The average molecular weight is 310 g/mol. The Morgan fingerprint density at radius 3 is 2.17 bits per heavy atom. The Kier molecular flexibility index (Phi) is 4.20. The molecule has 23 heavy (non-hydrogen) atoms. The summed E-state index contributed by atoms with van der Waals surface area (Å²) in [5.74, 6) is 1.94. The predicted molar refractivity (Wildman–Crippen MR) is 97.8 cm³/mol. The molecule has 0 fully saturated rings. The first-order valence-corrected chi connectivity index (χ1v) is 8.34. The van der Waals surface area contributed by atoms with Crippen molar-refractivity contribution in [3.63, 3.8) is 0 Å². The van der Waals surface area contributed by atoms with Crippen molar-refractivity contribution >= 4 is 11.4 Å². The quantitative estimate of drug-likeness (QED) is 0.841. The molecule has 2 aromatic carbocycles. The maximum absolute atomic E-state index is 6.35. The van der Waals surface area contributed by atoms with E-state index in [9.17, 15) is 0 Å². The normalized spacial score (nSPS) is 13.6. The maximum Gasteiger partial charge on any atom is 0.133 e. The molecular formula is C20H26N2O. The van der Waals surface area contributed by atoms with Crippen molar-refractivity contribution in [2.24, 2.45) is 0 Å². The molecule has 1 aliphatic rings. The third-order valence-corrected chi connectivity index (χ3v) is 4.64. The van der Waals surface area contributed by atoms with E-state index in [-0.39, 0.29) is 0 Å². The van der Waals surface area contributed by atoms with E-state index >= 15 is 0 Å². The first kappa shape index (κ1) is 15.7. The van der Waals surface area contributed by atoms with Gasteiger partial charge in [-0.3, -0.25) is 0 Å². The minimum atomic E-state index is 0.789. The molecule has 0 saturated heterocycles. The third kappa shape index (κ3) is 3.00. The molecule has 1 aliphatic carbocycles. The number of fused-ring (bicyclic) bond motifs is 1. The number of nitrogens with zero attached hydrogens (tertiary/aromatic N) is 1. The highest BCUT2D eigenvalue weighted by molar-refractivity contribution is 5.62. The van der Waals surface area contributed by atoms with Gasteiger partial charge in [-0.05, 0) is 80.5 Å². The zero-order chi connectivity index (χ0) is 16.6. The second-order valence-electron chi connectivity index (χ2n) is 6.73. The second-order valence-corrected chi connectivity index (χ2v) is 6.73. The molecule has 0 atom stereocenters. The predicted octanol–water partition coefficient (Wildman–Crippen LogP) is 4.62. The Labute approximate surface area is 139 Å². The van der Waals surface area contributed by atoms with E-state index in [0.717, 1.165) is 41.2 Å². The zero-order valence-corrected chi connectivity index (χ0v) is 14.6. The van der Waals surface area contributed by atoms with Crippen molar-refractivity contribution in [1.29, 1.82) is 0 Å². The first-order valence-electron chi connectivity index (χ1n) is 8.34. The Balaban J connectivity index is 2.05. The molecule has 122 valence electrons. The van der Waals surface area contributed by atoms with Crippen molar-refractivity contribution in [2.45, 2.75) is 39.5 Å². The number of nitrogen functional groups attached to an aromatic ring is 1. The van der Waals surface area contributed by atoms with Crippen molar-refractivity contribution in [3.05, 3.63) is 46.5 Å².